The van der Waals surface area contributed by atoms with E-state index in [1.165, 1.54) is 5.56 Å². The quantitative estimate of drug-likeness (QED) is 0.599. The average Bonchev–Trinajstić information content (AvgIpc) is 3.21. The van der Waals surface area contributed by atoms with Crippen molar-refractivity contribution in [3.05, 3.63) is 77.2 Å². The fourth-order valence-electron chi connectivity index (χ4n) is 2.90. The molecule has 3 rings (SSSR count). The zero-order chi connectivity index (χ0) is 18.4. The van der Waals surface area contributed by atoms with Crippen LogP contribution in [0, 0.1) is 0 Å². The lowest BCUT2D eigenvalue weighted by atomic mass is 10.1. The van der Waals surface area contributed by atoms with Crippen molar-refractivity contribution >= 4 is 22.9 Å². The van der Waals surface area contributed by atoms with Crippen molar-refractivity contribution in [1.29, 1.82) is 0 Å². The second-order valence-electron chi connectivity index (χ2n) is 6.14. The Bertz CT molecular complexity index is 837. The van der Waals surface area contributed by atoms with Gasteiger partial charge in [-0.1, -0.05) is 50.2 Å². The highest BCUT2D eigenvalue weighted by atomic mass is 32.1. The normalized spacial score (nSPS) is 10.9. The van der Waals surface area contributed by atoms with Crippen molar-refractivity contribution in [2.75, 3.05) is 18.4 Å². The number of para-hydroxylation sites is 1. The van der Waals surface area contributed by atoms with Gasteiger partial charge < -0.3 is 5.32 Å². The minimum atomic E-state index is -0.0802. The Labute approximate surface area is 159 Å². The Morgan fingerprint density at radius 1 is 0.962 bits per heavy atom. The number of benzene rings is 2. The Balaban J connectivity index is 1.73. The molecule has 26 heavy (non-hydrogen) atoms. The first-order chi connectivity index (χ1) is 12.7. The average molecular weight is 365 g/mol. The Morgan fingerprint density at radius 3 is 2.35 bits per heavy atom. The third kappa shape index (κ3) is 4.40. The van der Waals surface area contributed by atoms with Gasteiger partial charge in [0.1, 0.15) is 0 Å². The molecule has 1 N–H and O–H groups in total. The fraction of sp³-hybridized carbons (Fsp3) is 0.227. The van der Waals surface area contributed by atoms with Crippen LogP contribution in [0.25, 0.3) is 10.4 Å². The van der Waals surface area contributed by atoms with E-state index in [1.54, 1.807) is 11.3 Å². The van der Waals surface area contributed by atoms with Gasteiger partial charge in [-0.05, 0) is 48.3 Å². The van der Waals surface area contributed by atoms with Gasteiger partial charge in [-0.15, -0.1) is 11.3 Å². The third-order valence-corrected chi connectivity index (χ3v) is 5.38. The van der Waals surface area contributed by atoms with Crippen LogP contribution in [-0.2, 0) is 6.54 Å². The van der Waals surface area contributed by atoms with Crippen LogP contribution in [0.3, 0.4) is 0 Å². The number of amides is 1. The Kier molecular flexibility index (Phi) is 6.21. The topological polar surface area (TPSA) is 32.3 Å². The predicted octanol–water partition coefficient (Wildman–Crippen LogP) is 5.51. The van der Waals surface area contributed by atoms with Crippen molar-refractivity contribution < 1.29 is 4.79 Å². The molecule has 1 heterocycles. The van der Waals surface area contributed by atoms with E-state index in [4.69, 9.17) is 0 Å². The molecule has 0 radical (unpaired) electrons. The maximum Gasteiger partial charge on any atom is 0.255 e. The van der Waals surface area contributed by atoms with Gasteiger partial charge in [0.05, 0.1) is 0 Å². The van der Waals surface area contributed by atoms with E-state index in [-0.39, 0.29) is 5.91 Å². The molecule has 3 nitrogen and oxygen atoms in total. The minimum Gasteiger partial charge on any atom is -0.321 e. The molecule has 0 saturated carbocycles. The van der Waals surface area contributed by atoms with Gasteiger partial charge >= 0.3 is 0 Å². The maximum absolute atomic E-state index is 12.7. The van der Waals surface area contributed by atoms with Crippen LogP contribution < -0.4 is 5.32 Å². The highest BCUT2D eigenvalue weighted by Crippen LogP contribution is 2.31. The molecule has 134 valence electrons. The second-order valence-corrected chi connectivity index (χ2v) is 7.08. The molecular formula is C22H24N2OS. The summed E-state index contributed by atoms with van der Waals surface area (Å²) in [5, 5.41) is 5.10. The molecule has 0 bridgehead atoms. The van der Waals surface area contributed by atoms with Crippen molar-refractivity contribution in [2.45, 2.75) is 20.4 Å². The van der Waals surface area contributed by atoms with E-state index >= 15 is 0 Å². The van der Waals surface area contributed by atoms with Crippen LogP contribution >= 0.6 is 11.3 Å². The summed E-state index contributed by atoms with van der Waals surface area (Å²) < 4.78 is 0. The molecule has 0 saturated heterocycles. The molecule has 0 aliphatic heterocycles. The summed E-state index contributed by atoms with van der Waals surface area (Å²) in [5.41, 5.74) is 3.79. The van der Waals surface area contributed by atoms with Crippen molar-refractivity contribution in [3.63, 3.8) is 0 Å². The number of nitrogens with one attached hydrogen (secondary N) is 1. The van der Waals surface area contributed by atoms with E-state index in [2.05, 4.69) is 30.1 Å². The highest BCUT2D eigenvalue weighted by Gasteiger charge is 2.11. The fourth-order valence-corrected chi connectivity index (χ4v) is 3.67. The van der Waals surface area contributed by atoms with E-state index in [0.29, 0.717) is 5.56 Å². The highest BCUT2D eigenvalue weighted by molar-refractivity contribution is 7.13. The minimum absolute atomic E-state index is 0.0802. The molecule has 0 fully saturated rings. The standard InChI is InChI=1S/C22H24N2OS/c1-3-24(4-2)16-17-11-13-18(14-12-17)22(25)23-20-9-6-5-8-19(20)21-10-7-15-26-21/h5-15H,3-4,16H2,1-2H3,(H,23,25). The van der Waals surface area contributed by atoms with Gasteiger partial charge in [-0.3, -0.25) is 9.69 Å². The molecular weight excluding hydrogens is 340 g/mol. The zero-order valence-electron chi connectivity index (χ0n) is 15.2. The van der Waals surface area contributed by atoms with Crippen molar-refractivity contribution in [2.24, 2.45) is 0 Å². The number of thiophene rings is 1. The SMILES string of the molecule is CCN(CC)Cc1ccc(C(=O)Nc2ccccc2-c2cccs2)cc1. The molecule has 3 aromatic rings. The van der Waals surface area contributed by atoms with E-state index in [1.807, 2.05) is 60.0 Å². The molecule has 1 amide bonds. The van der Waals surface area contributed by atoms with Gasteiger partial charge in [0.2, 0.25) is 0 Å². The largest absolute Gasteiger partial charge is 0.321 e. The van der Waals surface area contributed by atoms with Crippen LogP contribution in [0.1, 0.15) is 29.8 Å². The van der Waals surface area contributed by atoms with Gasteiger partial charge in [-0.25, -0.2) is 0 Å². The maximum atomic E-state index is 12.7. The molecule has 0 spiro atoms. The molecule has 2 aromatic carbocycles. The summed E-state index contributed by atoms with van der Waals surface area (Å²) in [7, 11) is 0. The molecule has 0 atom stereocenters. The molecule has 4 heteroatoms. The molecule has 0 unspecified atom stereocenters. The molecule has 0 aliphatic carbocycles. The first-order valence-corrected chi connectivity index (χ1v) is 9.84. The first-order valence-electron chi connectivity index (χ1n) is 8.96. The van der Waals surface area contributed by atoms with Gasteiger partial charge in [0.25, 0.3) is 5.91 Å². The lowest BCUT2D eigenvalue weighted by molar-refractivity contribution is 0.102. The summed E-state index contributed by atoms with van der Waals surface area (Å²) >= 11 is 1.67. The Hall–Kier alpha value is -2.43. The monoisotopic (exact) mass is 364 g/mol. The third-order valence-electron chi connectivity index (χ3n) is 4.48. The summed E-state index contributed by atoms with van der Waals surface area (Å²) in [6.07, 6.45) is 0. The van der Waals surface area contributed by atoms with Gasteiger partial charge in [-0.2, -0.15) is 0 Å². The second kappa shape index (κ2) is 8.79. The summed E-state index contributed by atoms with van der Waals surface area (Å²) in [5.74, 6) is -0.0802. The number of hydrogen-bond donors (Lipinski definition) is 1. The summed E-state index contributed by atoms with van der Waals surface area (Å²) in [4.78, 5) is 16.2. The van der Waals surface area contributed by atoms with Crippen molar-refractivity contribution in [3.8, 4) is 10.4 Å². The number of nitrogens with zero attached hydrogens (tertiary/aromatic N) is 1. The number of carbonyl (C=O) groups excluding carboxylic acids is 1. The number of rotatable bonds is 7. The summed E-state index contributed by atoms with van der Waals surface area (Å²) in [6.45, 7) is 7.29. The van der Waals surface area contributed by atoms with Crippen LogP contribution in [-0.4, -0.2) is 23.9 Å². The lowest BCUT2D eigenvalue weighted by Crippen LogP contribution is -2.22. The van der Waals surface area contributed by atoms with Crippen LogP contribution in [0.2, 0.25) is 0 Å². The summed E-state index contributed by atoms with van der Waals surface area (Å²) in [6, 6.07) is 19.9. The van der Waals surface area contributed by atoms with Gasteiger partial charge in [0.15, 0.2) is 0 Å². The molecule has 0 aliphatic rings. The van der Waals surface area contributed by atoms with Crippen LogP contribution in [0.5, 0.6) is 0 Å². The van der Waals surface area contributed by atoms with Crippen LogP contribution in [0.15, 0.2) is 66.0 Å². The van der Waals surface area contributed by atoms with Crippen LogP contribution in [0.4, 0.5) is 5.69 Å². The van der Waals surface area contributed by atoms with Crippen molar-refractivity contribution in [1.82, 2.24) is 4.90 Å². The predicted molar refractivity (Wildman–Crippen MR) is 111 cm³/mol. The number of hydrogen-bond acceptors (Lipinski definition) is 3. The zero-order valence-corrected chi connectivity index (χ0v) is 16.1. The van der Waals surface area contributed by atoms with E-state index < -0.39 is 0 Å². The first kappa shape index (κ1) is 18.4. The molecule has 1 aromatic heterocycles. The lowest BCUT2D eigenvalue weighted by Gasteiger charge is -2.18. The number of carbonyl (C=O) groups is 1. The number of anilines is 1. The Morgan fingerprint density at radius 2 is 1.69 bits per heavy atom. The smallest absolute Gasteiger partial charge is 0.255 e. The van der Waals surface area contributed by atoms with E-state index in [9.17, 15) is 4.79 Å². The van der Waals surface area contributed by atoms with Gasteiger partial charge in [0, 0.05) is 28.2 Å². The van der Waals surface area contributed by atoms with E-state index in [0.717, 1.165) is 35.8 Å².